The maximum atomic E-state index is 5.84. The van der Waals surface area contributed by atoms with Crippen LogP contribution in [-0.2, 0) is 9.47 Å². The lowest BCUT2D eigenvalue weighted by molar-refractivity contribution is -0.125. The SMILES string of the molecule is CC1=C(CCC[P+](=P)Br)C2(CC1)OCCO2. The summed E-state index contributed by atoms with van der Waals surface area (Å²) in [7, 11) is 3.63. The zero-order valence-corrected chi connectivity index (χ0v) is 13.1. The smallest absolute Gasteiger partial charge is 0.215 e. The van der Waals surface area contributed by atoms with E-state index in [0.717, 1.165) is 32.5 Å². The average Bonchev–Trinajstić information content (AvgIpc) is 2.80. The Morgan fingerprint density at radius 2 is 2.12 bits per heavy atom. The number of rotatable bonds is 4. The normalized spacial score (nSPS) is 24.5. The van der Waals surface area contributed by atoms with Crippen molar-refractivity contribution >= 4 is 29.9 Å². The molecule has 0 aromatic carbocycles. The number of ether oxygens (including phenoxy) is 2. The van der Waals surface area contributed by atoms with Gasteiger partial charge in [0.05, 0.1) is 13.2 Å². The number of allylic oxidation sites excluding steroid dienone is 1. The van der Waals surface area contributed by atoms with E-state index in [0.29, 0.717) is 0 Å². The third kappa shape index (κ3) is 2.76. The summed E-state index contributed by atoms with van der Waals surface area (Å²) in [6.07, 6.45) is 5.65. The van der Waals surface area contributed by atoms with Crippen LogP contribution in [0.25, 0.3) is 0 Å². The van der Waals surface area contributed by atoms with Crippen LogP contribution >= 0.6 is 29.9 Å². The molecule has 0 saturated carbocycles. The minimum Gasteiger partial charge on any atom is -0.344 e. The van der Waals surface area contributed by atoms with Crippen LogP contribution in [0.5, 0.6) is 0 Å². The highest BCUT2D eigenvalue weighted by Gasteiger charge is 2.44. The summed E-state index contributed by atoms with van der Waals surface area (Å²) in [5, 5.41) is 0. The van der Waals surface area contributed by atoms with E-state index in [-0.39, 0.29) is 11.7 Å². The van der Waals surface area contributed by atoms with E-state index >= 15 is 0 Å². The Kier molecular flexibility index (Phi) is 4.60. The summed E-state index contributed by atoms with van der Waals surface area (Å²) in [5.41, 5.74) is 2.90. The molecule has 0 radical (unpaired) electrons. The van der Waals surface area contributed by atoms with Crippen LogP contribution in [0.1, 0.15) is 32.6 Å². The molecule has 1 spiro atoms. The van der Waals surface area contributed by atoms with Crippen molar-refractivity contribution in [1.82, 2.24) is 0 Å². The summed E-state index contributed by atoms with van der Waals surface area (Å²) in [6, 6.07) is 0. The van der Waals surface area contributed by atoms with Crippen molar-refractivity contribution in [3.63, 3.8) is 0 Å². The van der Waals surface area contributed by atoms with E-state index in [2.05, 4.69) is 30.9 Å². The van der Waals surface area contributed by atoms with Crippen LogP contribution in [0.3, 0.4) is 0 Å². The van der Waals surface area contributed by atoms with E-state index in [9.17, 15) is 0 Å². The highest BCUT2D eigenvalue weighted by atomic mass is 79.9. The maximum Gasteiger partial charge on any atom is 0.215 e. The van der Waals surface area contributed by atoms with Crippen LogP contribution < -0.4 is 0 Å². The van der Waals surface area contributed by atoms with E-state index in [1.807, 2.05) is 0 Å². The first-order valence-corrected chi connectivity index (χ1v) is 10.6. The summed E-state index contributed by atoms with van der Waals surface area (Å²) >= 11 is 3.57. The Bertz CT molecular complexity index is 322. The van der Waals surface area contributed by atoms with E-state index in [4.69, 9.17) is 9.47 Å². The summed E-state index contributed by atoms with van der Waals surface area (Å²) in [5.74, 6) is -0.473. The Balaban J connectivity index is 1.99. The van der Waals surface area contributed by atoms with Gasteiger partial charge in [0.15, 0.2) is 11.7 Å². The Morgan fingerprint density at radius 3 is 2.75 bits per heavy atom. The van der Waals surface area contributed by atoms with E-state index in [1.165, 1.54) is 23.7 Å². The molecule has 1 aliphatic heterocycles. The van der Waals surface area contributed by atoms with Crippen LogP contribution in [0, 0.1) is 0 Å². The van der Waals surface area contributed by atoms with Gasteiger partial charge in [-0.25, -0.2) is 0 Å². The lowest BCUT2D eigenvalue weighted by Crippen LogP contribution is -2.29. The molecular formula is C11H18BrO2P2+. The summed E-state index contributed by atoms with van der Waals surface area (Å²) < 4.78 is 11.7. The van der Waals surface area contributed by atoms with Crippen molar-refractivity contribution in [2.75, 3.05) is 19.4 Å². The molecule has 2 nitrogen and oxygen atoms in total. The van der Waals surface area contributed by atoms with Crippen molar-refractivity contribution in [3.05, 3.63) is 11.1 Å². The molecule has 1 atom stereocenters. The van der Waals surface area contributed by atoms with Crippen LogP contribution in [-0.4, -0.2) is 25.2 Å². The second-order valence-electron chi connectivity index (χ2n) is 4.40. The molecule has 0 bridgehead atoms. The minimum absolute atomic E-state index is 0.145. The molecule has 0 amide bonds. The number of hydrogen-bond acceptors (Lipinski definition) is 2. The van der Waals surface area contributed by atoms with Gasteiger partial charge in [0.2, 0.25) is 15.5 Å². The molecular weight excluding hydrogens is 306 g/mol. The third-order valence-electron chi connectivity index (χ3n) is 3.34. The molecule has 1 unspecified atom stereocenters. The summed E-state index contributed by atoms with van der Waals surface area (Å²) in [4.78, 5) is 0. The van der Waals surface area contributed by atoms with Gasteiger partial charge in [-0.1, -0.05) is 5.57 Å². The average molecular weight is 324 g/mol. The van der Waals surface area contributed by atoms with Gasteiger partial charge in [-0.05, 0) is 31.8 Å². The zero-order valence-electron chi connectivity index (χ0n) is 9.59. The Labute approximate surface area is 108 Å². The standard InChI is InChI=1S/C11H18BrO2P2/c1-9-4-5-11(13-6-7-14-11)10(9)3-2-8-16(12)15/h15H,2-8H2,1H3/q+1. The molecule has 1 saturated heterocycles. The fraction of sp³-hybridized carbons (Fsp3) is 0.818. The maximum absolute atomic E-state index is 5.84. The third-order valence-corrected chi connectivity index (χ3v) is 5.78. The van der Waals surface area contributed by atoms with Crippen molar-refractivity contribution < 1.29 is 9.47 Å². The molecule has 1 aliphatic carbocycles. The lowest BCUT2D eigenvalue weighted by atomic mass is 10.0. The molecule has 5 heteroatoms. The van der Waals surface area contributed by atoms with Gasteiger partial charge >= 0.3 is 0 Å². The fourth-order valence-electron chi connectivity index (χ4n) is 2.55. The molecule has 0 aromatic rings. The van der Waals surface area contributed by atoms with Gasteiger partial charge in [0.1, 0.15) is 14.7 Å². The van der Waals surface area contributed by atoms with Crippen molar-refractivity contribution in [2.24, 2.45) is 0 Å². The first-order chi connectivity index (χ1) is 7.64. The Morgan fingerprint density at radius 1 is 1.44 bits per heavy atom. The van der Waals surface area contributed by atoms with E-state index in [1.54, 1.807) is 0 Å². The predicted molar refractivity (Wildman–Crippen MR) is 74.8 cm³/mol. The first kappa shape index (κ1) is 13.2. The van der Waals surface area contributed by atoms with Gasteiger partial charge in [-0.2, -0.15) is 0 Å². The van der Waals surface area contributed by atoms with Crippen molar-refractivity contribution in [1.29, 1.82) is 0 Å². The van der Waals surface area contributed by atoms with Crippen LogP contribution in [0.15, 0.2) is 11.1 Å². The molecule has 0 aromatic heterocycles. The molecule has 90 valence electrons. The molecule has 1 fully saturated rings. The van der Waals surface area contributed by atoms with Crippen molar-refractivity contribution in [3.8, 4) is 0 Å². The molecule has 1 heterocycles. The minimum atomic E-state index is -0.328. The van der Waals surface area contributed by atoms with Gasteiger partial charge in [-0.15, -0.1) is 0 Å². The van der Waals surface area contributed by atoms with Gasteiger partial charge in [0.25, 0.3) is 0 Å². The topological polar surface area (TPSA) is 18.5 Å². The highest BCUT2D eigenvalue weighted by molar-refractivity contribution is 9.40. The molecule has 2 rings (SSSR count). The first-order valence-electron chi connectivity index (χ1n) is 5.76. The fourth-order valence-corrected chi connectivity index (χ4v) is 4.21. The largest absolute Gasteiger partial charge is 0.344 e. The zero-order chi connectivity index (χ0) is 11.6. The molecule has 0 N–H and O–H groups in total. The second kappa shape index (κ2) is 5.59. The van der Waals surface area contributed by atoms with Gasteiger partial charge < -0.3 is 9.47 Å². The Hall–Kier alpha value is 0.740. The molecule has 2 aliphatic rings. The van der Waals surface area contributed by atoms with Crippen molar-refractivity contribution in [2.45, 2.75) is 38.4 Å². The lowest BCUT2D eigenvalue weighted by Gasteiger charge is -2.25. The van der Waals surface area contributed by atoms with E-state index < -0.39 is 0 Å². The molecule has 16 heavy (non-hydrogen) atoms. The number of hydrogen-bond donors (Lipinski definition) is 0. The van der Waals surface area contributed by atoms with Crippen LogP contribution in [0.4, 0.5) is 0 Å². The summed E-state index contributed by atoms with van der Waals surface area (Å²) in [6.45, 7) is 3.72. The highest BCUT2D eigenvalue weighted by Crippen LogP contribution is 2.45. The monoisotopic (exact) mass is 323 g/mol. The number of halogens is 1. The predicted octanol–water partition coefficient (Wildman–Crippen LogP) is 4.47. The second-order valence-corrected chi connectivity index (χ2v) is 11.7. The van der Waals surface area contributed by atoms with Crippen LogP contribution in [0.2, 0.25) is 0 Å². The van der Waals surface area contributed by atoms with Gasteiger partial charge in [-0.3, -0.25) is 0 Å². The van der Waals surface area contributed by atoms with Gasteiger partial charge in [0, 0.05) is 6.42 Å². The quantitative estimate of drug-likeness (QED) is 0.561.